The lowest BCUT2D eigenvalue weighted by molar-refractivity contribution is 1.36. The van der Waals surface area contributed by atoms with Crippen molar-refractivity contribution in [3.8, 4) is 0 Å². The molecule has 39 heavy (non-hydrogen) atoms. The number of fused-ring (bicyclic) bond motifs is 10. The molecule has 10 aromatic rings. The van der Waals surface area contributed by atoms with Crippen LogP contribution in [0.1, 0.15) is 0 Å². The van der Waals surface area contributed by atoms with Crippen LogP contribution in [0, 0.1) is 0 Å². The van der Waals surface area contributed by atoms with E-state index in [0.29, 0.717) is 0 Å². The van der Waals surface area contributed by atoms with Gasteiger partial charge in [0.1, 0.15) is 0 Å². The molecule has 0 aliphatic carbocycles. The number of thiophene rings is 2. The third-order valence-electron chi connectivity index (χ3n) is 8.53. The van der Waals surface area contributed by atoms with Crippen LogP contribution in [0.5, 0.6) is 0 Å². The van der Waals surface area contributed by atoms with Gasteiger partial charge in [-0.15, -0.1) is 22.7 Å². The molecule has 0 aliphatic rings. The molecular weight excluding hydrogens is 511 g/mol. The van der Waals surface area contributed by atoms with E-state index in [4.69, 9.17) is 0 Å². The molecule has 10 rings (SSSR count). The van der Waals surface area contributed by atoms with Gasteiger partial charge in [0.25, 0.3) is 0 Å². The number of rotatable bonds is 0. The summed E-state index contributed by atoms with van der Waals surface area (Å²) in [5.41, 5.74) is 3.84. The van der Waals surface area contributed by atoms with Crippen molar-refractivity contribution < 1.29 is 0 Å². The molecule has 0 N–H and O–H groups in total. The van der Waals surface area contributed by atoms with E-state index in [9.17, 15) is 0 Å². The Bertz CT molecular complexity index is 2660. The van der Waals surface area contributed by atoms with Gasteiger partial charge in [-0.05, 0) is 52.6 Å². The Hall–Kier alpha value is -4.44. The summed E-state index contributed by atoms with van der Waals surface area (Å²) in [5, 5.41) is 13.2. The normalized spacial score (nSPS) is 12.6. The predicted octanol–water partition coefficient (Wildman–Crippen LogP) is 11.3. The number of aromatic nitrogens is 1. The van der Waals surface area contributed by atoms with Gasteiger partial charge in [0, 0.05) is 56.5 Å². The van der Waals surface area contributed by atoms with Crippen LogP contribution in [0.25, 0.3) is 89.2 Å². The molecule has 0 radical (unpaired) electrons. The van der Waals surface area contributed by atoms with E-state index in [1.54, 1.807) is 0 Å². The number of hydrogen-bond donors (Lipinski definition) is 0. The average molecular weight is 530 g/mol. The SMILES string of the molecule is c1ccc2c(c1)sc1cc3c4cccc5c6ccccc6c6cccc7sc8cccc(c8c76)n(c3cc12)c54. The highest BCUT2D eigenvalue weighted by molar-refractivity contribution is 7.26. The summed E-state index contributed by atoms with van der Waals surface area (Å²) in [6.45, 7) is 0. The van der Waals surface area contributed by atoms with Gasteiger partial charge in [0.05, 0.1) is 16.6 Å². The fraction of sp³-hybridized carbons (Fsp3) is 0. The smallest absolute Gasteiger partial charge is 0.0619 e. The fourth-order valence-electron chi connectivity index (χ4n) is 6.96. The summed E-state index contributed by atoms with van der Waals surface area (Å²) in [5.74, 6) is 0. The Morgan fingerprint density at radius 2 is 0.949 bits per heavy atom. The highest BCUT2D eigenvalue weighted by Gasteiger charge is 2.19. The van der Waals surface area contributed by atoms with Crippen LogP contribution < -0.4 is 0 Å². The van der Waals surface area contributed by atoms with E-state index in [1.807, 2.05) is 22.7 Å². The molecule has 0 aliphatic heterocycles. The standard InChI is InChI=1S/C36H19NS2/c1-2-9-21-20(8-1)23-11-6-16-31-34(23)35-28(14-7-17-32(35)39-31)37-29-18-27-22-10-3-4-15-30(22)38-33(27)19-26(29)25-13-5-12-24(21)36(25)37/h1-19H. The maximum Gasteiger partial charge on any atom is 0.0619 e. The zero-order valence-electron chi connectivity index (χ0n) is 20.7. The van der Waals surface area contributed by atoms with Crippen LogP contribution in [-0.2, 0) is 0 Å². The largest absolute Gasteiger partial charge is 0.308 e. The van der Waals surface area contributed by atoms with E-state index in [-0.39, 0.29) is 0 Å². The van der Waals surface area contributed by atoms with Crippen molar-refractivity contribution in [3.05, 3.63) is 115 Å². The second-order valence-electron chi connectivity index (χ2n) is 10.5. The van der Waals surface area contributed by atoms with Gasteiger partial charge in [-0.3, -0.25) is 0 Å². The zero-order valence-corrected chi connectivity index (χ0v) is 22.4. The molecule has 1 nitrogen and oxygen atoms in total. The summed E-state index contributed by atoms with van der Waals surface area (Å²) < 4.78 is 7.94. The lowest BCUT2D eigenvalue weighted by atomic mass is 10.0. The summed E-state index contributed by atoms with van der Waals surface area (Å²) >= 11 is 3.80. The summed E-state index contributed by atoms with van der Waals surface area (Å²) in [6, 6.07) is 43.2. The maximum absolute atomic E-state index is 2.57. The van der Waals surface area contributed by atoms with Gasteiger partial charge >= 0.3 is 0 Å². The fourth-order valence-corrected chi connectivity index (χ4v) is 9.24. The van der Waals surface area contributed by atoms with Crippen molar-refractivity contribution in [1.29, 1.82) is 0 Å². The Balaban J connectivity index is 1.64. The minimum atomic E-state index is 1.27. The van der Waals surface area contributed by atoms with Crippen LogP contribution in [0.4, 0.5) is 0 Å². The Kier molecular flexibility index (Phi) is 3.76. The van der Waals surface area contributed by atoms with Gasteiger partial charge in [0.15, 0.2) is 0 Å². The van der Waals surface area contributed by atoms with Crippen LogP contribution in [0.2, 0.25) is 0 Å². The van der Waals surface area contributed by atoms with Crippen LogP contribution in [0.15, 0.2) is 115 Å². The first kappa shape index (κ1) is 20.5. The molecule has 180 valence electrons. The quantitative estimate of drug-likeness (QED) is 0.184. The third kappa shape index (κ3) is 2.50. The first-order chi connectivity index (χ1) is 19.3. The minimum Gasteiger partial charge on any atom is -0.308 e. The van der Waals surface area contributed by atoms with Crippen molar-refractivity contribution in [2.24, 2.45) is 0 Å². The number of benzene rings is 6. The van der Waals surface area contributed by atoms with Crippen molar-refractivity contribution in [3.63, 3.8) is 0 Å². The highest BCUT2D eigenvalue weighted by Crippen LogP contribution is 2.45. The van der Waals surface area contributed by atoms with Crippen LogP contribution in [0.3, 0.4) is 0 Å². The van der Waals surface area contributed by atoms with E-state index in [0.717, 1.165) is 0 Å². The Morgan fingerprint density at radius 3 is 1.82 bits per heavy atom. The molecule has 0 spiro atoms. The number of nitrogens with zero attached hydrogens (tertiary/aromatic N) is 1. The highest BCUT2D eigenvalue weighted by atomic mass is 32.1. The second kappa shape index (κ2) is 7.15. The predicted molar refractivity (Wildman–Crippen MR) is 173 cm³/mol. The molecule has 0 amide bonds. The minimum absolute atomic E-state index is 1.27. The molecule has 0 unspecified atom stereocenters. The van der Waals surface area contributed by atoms with E-state index >= 15 is 0 Å². The Morgan fingerprint density at radius 1 is 0.359 bits per heavy atom. The summed E-state index contributed by atoms with van der Waals surface area (Å²) in [4.78, 5) is 0. The van der Waals surface area contributed by atoms with E-state index < -0.39 is 0 Å². The molecule has 0 atom stereocenters. The molecule has 0 saturated carbocycles. The monoisotopic (exact) mass is 529 g/mol. The summed E-state index contributed by atoms with van der Waals surface area (Å²) in [7, 11) is 0. The van der Waals surface area contributed by atoms with Gasteiger partial charge in [0.2, 0.25) is 0 Å². The molecular formula is C36H19NS2. The van der Waals surface area contributed by atoms with Crippen molar-refractivity contribution in [1.82, 2.24) is 4.40 Å². The van der Waals surface area contributed by atoms with Gasteiger partial charge < -0.3 is 4.40 Å². The van der Waals surface area contributed by atoms with Crippen LogP contribution >= 0.6 is 22.7 Å². The van der Waals surface area contributed by atoms with Crippen molar-refractivity contribution in [2.45, 2.75) is 0 Å². The lowest BCUT2D eigenvalue weighted by Crippen LogP contribution is -1.86. The van der Waals surface area contributed by atoms with E-state index in [1.165, 1.54) is 89.2 Å². The molecule has 4 heterocycles. The van der Waals surface area contributed by atoms with Crippen molar-refractivity contribution in [2.75, 3.05) is 0 Å². The first-order valence-electron chi connectivity index (χ1n) is 13.3. The molecule has 0 fully saturated rings. The van der Waals surface area contributed by atoms with Crippen molar-refractivity contribution >= 4 is 112 Å². The summed E-state index contributed by atoms with van der Waals surface area (Å²) in [6.07, 6.45) is 0. The lowest BCUT2D eigenvalue weighted by Gasteiger charge is -2.04. The number of para-hydroxylation sites is 1. The molecule has 0 bridgehead atoms. The maximum atomic E-state index is 2.57. The van der Waals surface area contributed by atoms with Gasteiger partial charge in [-0.2, -0.15) is 0 Å². The number of hydrogen-bond acceptors (Lipinski definition) is 2. The topological polar surface area (TPSA) is 4.41 Å². The third-order valence-corrected chi connectivity index (χ3v) is 10.8. The van der Waals surface area contributed by atoms with Gasteiger partial charge in [-0.25, -0.2) is 0 Å². The molecule has 3 heteroatoms. The first-order valence-corrected chi connectivity index (χ1v) is 14.9. The Labute approximate surface area is 230 Å². The average Bonchev–Trinajstić information content (AvgIpc) is 3.65. The molecule has 4 aromatic heterocycles. The van der Waals surface area contributed by atoms with E-state index in [2.05, 4.69) is 120 Å². The zero-order chi connectivity index (χ0) is 25.2. The second-order valence-corrected chi connectivity index (χ2v) is 12.6. The van der Waals surface area contributed by atoms with Gasteiger partial charge in [-0.1, -0.05) is 78.9 Å². The molecule has 0 saturated heterocycles. The molecule has 6 aromatic carbocycles. The van der Waals surface area contributed by atoms with Crippen LogP contribution in [-0.4, -0.2) is 4.40 Å².